The molecular weight excluding hydrogens is 303 g/mol. The first-order chi connectivity index (χ1) is 11.6. The van der Waals surface area contributed by atoms with Crippen molar-refractivity contribution in [1.29, 1.82) is 0 Å². The third-order valence-corrected chi connectivity index (χ3v) is 4.72. The van der Waals surface area contributed by atoms with Crippen LogP contribution in [0, 0.1) is 11.7 Å². The van der Waals surface area contributed by atoms with Gasteiger partial charge in [-0.25, -0.2) is 4.39 Å². The largest absolute Gasteiger partial charge is 0.372 e. The van der Waals surface area contributed by atoms with Gasteiger partial charge in [0.15, 0.2) is 5.78 Å². The fraction of sp³-hybridized carbons (Fsp3) is 0.250. The van der Waals surface area contributed by atoms with Crippen LogP contribution in [0.3, 0.4) is 0 Å². The second-order valence-electron chi connectivity index (χ2n) is 6.63. The molecule has 2 N–H and O–H groups in total. The lowest BCUT2D eigenvalue weighted by atomic mass is 9.82. The first-order valence-corrected chi connectivity index (χ1v) is 8.26. The van der Waals surface area contributed by atoms with Crippen LogP contribution >= 0.6 is 0 Å². The molecule has 4 rings (SSSR count). The minimum atomic E-state index is -0.274. The molecule has 3 nitrogen and oxygen atoms in total. The van der Waals surface area contributed by atoms with Gasteiger partial charge in [-0.15, -0.1) is 0 Å². The van der Waals surface area contributed by atoms with E-state index in [0.717, 1.165) is 34.6 Å². The van der Waals surface area contributed by atoms with Gasteiger partial charge < -0.3 is 10.6 Å². The van der Waals surface area contributed by atoms with Crippen LogP contribution in [0.5, 0.6) is 0 Å². The quantitative estimate of drug-likeness (QED) is 0.802. The summed E-state index contributed by atoms with van der Waals surface area (Å²) >= 11 is 0. The van der Waals surface area contributed by atoms with Gasteiger partial charge in [0.1, 0.15) is 5.82 Å². The second kappa shape index (κ2) is 5.78. The molecule has 1 aliphatic carbocycles. The van der Waals surface area contributed by atoms with Crippen molar-refractivity contribution >= 4 is 17.2 Å². The number of ketones is 1. The van der Waals surface area contributed by atoms with Crippen LogP contribution < -0.4 is 10.6 Å². The van der Waals surface area contributed by atoms with Gasteiger partial charge in [0.2, 0.25) is 0 Å². The minimum absolute atomic E-state index is 0.158. The molecule has 0 radical (unpaired) electrons. The lowest BCUT2D eigenvalue weighted by Crippen LogP contribution is -2.26. The summed E-state index contributed by atoms with van der Waals surface area (Å²) < 4.78 is 13.3. The van der Waals surface area contributed by atoms with Gasteiger partial charge in [0.25, 0.3) is 0 Å². The Morgan fingerprint density at radius 1 is 1.00 bits per heavy atom. The van der Waals surface area contributed by atoms with Gasteiger partial charge in [-0.2, -0.15) is 0 Å². The smallest absolute Gasteiger partial charge is 0.163 e. The van der Waals surface area contributed by atoms with Crippen molar-refractivity contribution in [3.63, 3.8) is 0 Å². The van der Waals surface area contributed by atoms with Crippen LogP contribution in [0.25, 0.3) is 0 Å². The Morgan fingerprint density at radius 3 is 2.46 bits per heavy atom. The van der Waals surface area contributed by atoms with Crippen molar-refractivity contribution in [3.8, 4) is 0 Å². The van der Waals surface area contributed by atoms with Crippen molar-refractivity contribution in [1.82, 2.24) is 0 Å². The fourth-order valence-electron chi connectivity index (χ4n) is 3.59. The zero-order chi connectivity index (χ0) is 16.7. The number of benzene rings is 2. The predicted octanol–water partition coefficient (Wildman–Crippen LogP) is 4.66. The third kappa shape index (κ3) is 2.58. The van der Waals surface area contributed by atoms with Crippen LogP contribution in [0.4, 0.5) is 15.8 Å². The standard InChI is InChI=1S/C20H19FN2O/c1-12-10-17-19(18(24)11-12)20(13-6-8-14(21)9-7-13)23-16-5-3-2-4-15(16)22-17/h2-9,12,20,22-23H,10-11H2,1H3/t12-,20+/m1/s1. The molecule has 0 bridgehead atoms. The van der Waals surface area contributed by atoms with Gasteiger partial charge in [0, 0.05) is 17.7 Å². The first-order valence-electron chi connectivity index (χ1n) is 8.26. The molecule has 4 heteroatoms. The Labute approximate surface area is 140 Å². The molecule has 24 heavy (non-hydrogen) atoms. The summed E-state index contributed by atoms with van der Waals surface area (Å²) in [7, 11) is 0. The molecule has 2 aliphatic rings. The highest BCUT2D eigenvalue weighted by atomic mass is 19.1. The summed E-state index contributed by atoms with van der Waals surface area (Å²) in [5, 5.41) is 6.93. The summed E-state index contributed by atoms with van der Waals surface area (Å²) in [6, 6.07) is 14.0. The Bertz CT molecular complexity index is 826. The topological polar surface area (TPSA) is 41.1 Å². The first kappa shape index (κ1) is 14.9. The van der Waals surface area contributed by atoms with E-state index in [2.05, 4.69) is 17.6 Å². The molecule has 122 valence electrons. The zero-order valence-corrected chi connectivity index (χ0v) is 13.5. The van der Waals surface area contributed by atoms with Crippen LogP contribution in [0.1, 0.15) is 31.4 Å². The Balaban J connectivity index is 1.87. The van der Waals surface area contributed by atoms with Crippen LogP contribution in [0.2, 0.25) is 0 Å². The van der Waals surface area contributed by atoms with E-state index < -0.39 is 0 Å². The van der Waals surface area contributed by atoms with Gasteiger partial charge >= 0.3 is 0 Å². The highest BCUT2D eigenvalue weighted by molar-refractivity contribution is 6.00. The molecule has 0 unspecified atom stereocenters. The molecule has 2 aromatic rings. The molecule has 0 aromatic heterocycles. The normalized spacial score (nSPS) is 22.8. The number of carbonyl (C=O) groups excluding carboxylic acids is 1. The van der Waals surface area contributed by atoms with E-state index in [0.29, 0.717) is 12.3 Å². The molecule has 1 aliphatic heterocycles. The Morgan fingerprint density at radius 2 is 1.71 bits per heavy atom. The molecule has 0 saturated heterocycles. The highest BCUT2D eigenvalue weighted by Crippen LogP contribution is 2.41. The fourth-order valence-corrected chi connectivity index (χ4v) is 3.59. The molecule has 0 saturated carbocycles. The summed E-state index contributed by atoms with van der Waals surface area (Å²) in [6.45, 7) is 2.10. The number of fused-ring (bicyclic) bond motifs is 1. The van der Waals surface area contributed by atoms with E-state index in [1.54, 1.807) is 12.1 Å². The van der Waals surface area contributed by atoms with E-state index in [1.807, 2.05) is 24.3 Å². The van der Waals surface area contributed by atoms with Gasteiger partial charge in [-0.1, -0.05) is 31.2 Å². The van der Waals surface area contributed by atoms with E-state index in [1.165, 1.54) is 12.1 Å². The maximum Gasteiger partial charge on any atom is 0.163 e. The van der Waals surface area contributed by atoms with E-state index in [9.17, 15) is 9.18 Å². The number of anilines is 2. The van der Waals surface area contributed by atoms with Crippen LogP contribution in [-0.2, 0) is 4.79 Å². The lowest BCUT2D eigenvalue weighted by molar-refractivity contribution is -0.117. The number of para-hydroxylation sites is 2. The Kier molecular flexibility index (Phi) is 3.60. The highest BCUT2D eigenvalue weighted by Gasteiger charge is 2.34. The second-order valence-corrected chi connectivity index (χ2v) is 6.63. The number of rotatable bonds is 1. The van der Waals surface area contributed by atoms with Crippen LogP contribution in [0.15, 0.2) is 59.8 Å². The zero-order valence-electron chi connectivity index (χ0n) is 13.5. The van der Waals surface area contributed by atoms with E-state index >= 15 is 0 Å². The number of allylic oxidation sites excluding steroid dienone is 1. The summed E-state index contributed by atoms with van der Waals surface area (Å²) in [6.07, 6.45) is 1.39. The number of hydrogen-bond acceptors (Lipinski definition) is 3. The number of Topliss-reactive ketones (excluding diaryl/α,β-unsaturated/α-hetero) is 1. The number of hydrogen-bond donors (Lipinski definition) is 2. The average molecular weight is 322 g/mol. The molecular formula is C20H19FN2O. The van der Waals surface area contributed by atoms with Gasteiger partial charge in [-0.05, 0) is 42.2 Å². The van der Waals surface area contributed by atoms with E-state index in [4.69, 9.17) is 0 Å². The van der Waals surface area contributed by atoms with Crippen molar-refractivity contribution in [3.05, 3.63) is 71.2 Å². The van der Waals surface area contributed by atoms with Crippen molar-refractivity contribution in [2.75, 3.05) is 10.6 Å². The summed E-state index contributed by atoms with van der Waals surface area (Å²) in [4.78, 5) is 12.8. The van der Waals surface area contributed by atoms with E-state index in [-0.39, 0.29) is 17.6 Å². The maximum atomic E-state index is 13.3. The predicted molar refractivity (Wildman–Crippen MR) is 93.3 cm³/mol. The minimum Gasteiger partial charge on any atom is -0.372 e. The average Bonchev–Trinajstić information content (AvgIpc) is 2.72. The van der Waals surface area contributed by atoms with Crippen molar-refractivity contribution < 1.29 is 9.18 Å². The number of carbonyl (C=O) groups is 1. The molecule has 0 fully saturated rings. The summed E-state index contributed by atoms with van der Waals surface area (Å²) in [5.41, 5.74) is 4.56. The molecule has 0 amide bonds. The molecule has 2 aromatic carbocycles. The monoisotopic (exact) mass is 322 g/mol. The number of halogens is 1. The van der Waals surface area contributed by atoms with Crippen LogP contribution in [-0.4, -0.2) is 5.78 Å². The van der Waals surface area contributed by atoms with Gasteiger partial charge in [-0.3, -0.25) is 4.79 Å². The molecule has 0 spiro atoms. The SMILES string of the molecule is C[C@H]1CC(=O)C2=C(C1)Nc1ccccc1N[C@H]2c1ccc(F)cc1. The maximum absolute atomic E-state index is 13.3. The lowest BCUT2D eigenvalue weighted by Gasteiger charge is -2.28. The van der Waals surface area contributed by atoms with Gasteiger partial charge in [0.05, 0.1) is 17.4 Å². The van der Waals surface area contributed by atoms with Crippen molar-refractivity contribution in [2.45, 2.75) is 25.8 Å². The third-order valence-electron chi connectivity index (χ3n) is 4.72. The molecule has 1 heterocycles. The van der Waals surface area contributed by atoms with Crippen molar-refractivity contribution in [2.24, 2.45) is 5.92 Å². The number of nitrogens with one attached hydrogen (secondary N) is 2. The molecule has 2 atom stereocenters. The summed E-state index contributed by atoms with van der Waals surface area (Å²) in [5.74, 6) is 0.206. The Hall–Kier alpha value is -2.62.